The average Bonchev–Trinajstić information content (AvgIpc) is 2.56. The lowest BCUT2D eigenvalue weighted by atomic mass is 10.1. The fraction of sp³-hybridized carbons (Fsp3) is 0.500. The topological polar surface area (TPSA) is 24.9 Å². The molecule has 0 radical (unpaired) electrons. The van der Waals surface area contributed by atoms with Crippen molar-refractivity contribution >= 4 is 0 Å². The zero-order valence-corrected chi connectivity index (χ0v) is 7.38. The quantitative estimate of drug-likeness (QED) is 0.681. The largest absolute Gasteiger partial charge is 0.310 e. The highest BCUT2D eigenvalue weighted by Gasteiger charge is 2.15. The maximum atomic E-state index is 4.18. The van der Waals surface area contributed by atoms with Crippen LogP contribution >= 0.6 is 0 Å². The van der Waals surface area contributed by atoms with Crippen molar-refractivity contribution in [3.8, 4) is 0 Å². The number of nitrogens with zero attached hydrogens (tertiary/aromatic N) is 1. The summed E-state index contributed by atoms with van der Waals surface area (Å²) >= 11 is 0. The second-order valence-electron chi connectivity index (χ2n) is 3.38. The third-order valence-electron chi connectivity index (χ3n) is 2.38. The van der Waals surface area contributed by atoms with Crippen LogP contribution in [0.15, 0.2) is 18.3 Å². The third kappa shape index (κ3) is 1.48. The third-order valence-corrected chi connectivity index (χ3v) is 2.38. The van der Waals surface area contributed by atoms with Crippen LogP contribution in [0.25, 0.3) is 0 Å². The van der Waals surface area contributed by atoms with Crippen LogP contribution in [0, 0.1) is 6.92 Å². The van der Waals surface area contributed by atoms with Crippen LogP contribution in [-0.2, 0) is 0 Å². The van der Waals surface area contributed by atoms with E-state index in [0.29, 0.717) is 6.04 Å². The fourth-order valence-corrected chi connectivity index (χ4v) is 1.75. The summed E-state index contributed by atoms with van der Waals surface area (Å²) in [5, 5.41) is 3.47. The summed E-state index contributed by atoms with van der Waals surface area (Å²) in [4.78, 5) is 4.18. The van der Waals surface area contributed by atoms with E-state index in [9.17, 15) is 0 Å². The van der Waals surface area contributed by atoms with E-state index >= 15 is 0 Å². The number of rotatable bonds is 1. The van der Waals surface area contributed by atoms with Gasteiger partial charge in [-0.05, 0) is 44.0 Å². The first kappa shape index (κ1) is 7.74. The van der Waals surface area contributed by atoms with Crippen LogP contribution < -0.4 is 5.32 Å². The summed E-state index contributed by atoms with van der Waals surface area (Å²) < 4.78 is 0. The summed E-state index contributed by atoms with van der Waals surface area (Å²) in [6.07, 6.45) is 4.46. The Kier molecular flexibility index (Phi) is 2.09. The Bertz CT molecular complexity index is 264. The van der Waals surface area contributed by atoms with Crippen molar-refractivity contribution in [1.82, 2.24) is 10.3 Å². The monoisotopic (exact) mass is 162 g/mol. The van der Waals surface area contributed by atoms with Crippen molar-refractivity contribution in [2.45, 2.75) is 25.8 Å². The van der Waals surface area contributed by atoms with Gasteiger partial charge in [0.15, 0.2) is 0 Å². The Labute approximate surface area is 73.0 Å². The number of pyridine rings is 1. The summed E-state index contributed by atoms with van der Waals surface area (Å²) in [5.41, 5.74) is 2.50. The van der Waals surface area contributed by atoms with Crippen molar-refractivity contribution in [3.05, 3.63) is 29.6 Å². The number of nitrogens with one attached hydrogen (secondary N) is 1. The van der Waals surface area contributed by atoms with Crippen molar-refractivity contribution in [1.29, 1.82) is 0 Å². The maximum absolute atomic E-state index is 4.18. The van der Waals surface area contributed by atoms with Gasteiger partial charge in [-0.25, -0.2) is 0 Å². The maximum Gasteiger partial charge on any atom is 0.0375 e. The molecule has 64 valence electrons. The van der Waals surface area contributed by atoms with Crippen LogP contribution in [0.3, 0.4) is 0 Å². The molecule has 1 N–H and O–H groups in total. The van der Waals surface area contributed by atoms with E-state index in [1.165, 1.54) is 18.4 Å². The van der Waals surface area contributed by atoms with Gasteiger partial charge in [0.05, 0.1) is 0 Å². The number of hydrogen-bond donors (Lipinski definition) is 1. The minimum Gasteiger partial charge on any atom is -0.310 e. The summed E-state index contributed by atoms with van der Waals surface area (Å²) in [5.74, 6) is 0. The number of aryl methyl sites for hydroxylation is 1. The van der Waals surface area contributed by atoms with Crippen molar-refractivity contribution in [2.24, 2.45) is 0 Å². The highest BCUT2D eigenvalue weighted by molar-refractivity contribution is 5.20. The molecule has 1 unspecified atom stereocenters. The molecule has 1 aromatic rings. The Balaban J connectivity index is 2.21. The smallest absolute Gasteiger partial charge is 0.0375 e. The van der Waals surface area contributed by atoms with Crippen LogP contribution in [0.5, 0.6) is 0 Å². The molecule has 0 bridgehead atoms. The molecule has 1 fully saturated rings. The zero-order valence-electron chi connectivity index (χ0n) is 7.38. The molecule has 12 heavy (non-hydrogen) atoms. The number of aromatic nitrogens is 1. The molecular formula is C10H14N2. The molecule has 2 heteroatoms. The molecule has 0 saturated carbocycles. The van der Waals surface area contributed by atoms with Gasteiger partial charge in [-0.2, -0.15) is 0 Å². The van der Waals surface area contributed by atoms with Crippen LogP contribution in [-0.4, -0.2) is 11.5 Å². The van der Waals surface area contributed by atoms with Gasteiger partial charge in [0.25, 0.3) is 0 Å². The molecule has 1 aliphatic rings. The predicted molar refractivity (Wildman–Crippen MR) is 49.0 cm³/mol. The van der Waals surface area contributed by atoms with Gasteiger partial charge in [-0.15, -0.1) is 0 Å². The molecule has 0 aromatic carbocycles. The Morgan fingerprint density at radius 3 is 3.17 bits per heavy atom. The van der Waals surface area contributed by atoms with Crippen molar-refractivity contribution in [2.75, 3.05) is 6.54 Å². The van der Waals surface area contributed by atoms with Gasteiger partial charge < -0.3 is 5.32 Å². The van der Waals surface area contributed by atoms with Gasteiger partial charge in [0, 0.05) is 17.9 Å². The standard InChI is InChI=1S/C10H14N2/c1-8-7-9(4-6-11-8)10-3-2-5-12-10/h4,6-7,10,12H,2-3,5H2,1H3. The highest BCUT2D eigenvalue weighted by atomic mass is 14.9. The van der Waals surface area contributed by atoms with E-state index in [1.54, 1.807) is 0 Å². The van der Waals surface area contributed by atoms with E-state index in [0.717, 1.165) is 12.2 Å². The molecule has 0 amide bonds. The summed E-state index contributed by atoms with van der Waals surface area (Å²) in [6, 6.07) is 4.85. The van der Waals surface area contributed by atoms with E-state index in [2.05, 4.69) is 22.4 Å². The normalized spacial score (nSPS) is 22.9. The second kappa shape index (κ2) is 3.23. The number of hydrogen-bond acceptors (Lipinski definition) is 2. The molecule has 2 rings (SSSR count). The van der Waals surface area contributed by atoms with Crippen molar-refractivity contribution < 1.29 is 0 Å². The lowest BCUT2D eigenvalue weighted by Gasteiger charge is -2.09. The Hall–Kier alpha value is -0.890. The van der Waals surface area contributed by atoms with E-state index in [4.69, 9.17) is 0 Å². The SMILES string of the molecule is Cc1cc(C2CCCN2)ccn1. The minimum atomic E-state index is 0.576. The summed E-state index contributed by atoms with van der Waals surface area (Å²) in [6.45, 7) is 3.20. The predicted octanol–water partition coefficient (Wildman–Crippen LogP) is 1.81. The molecule has 1 aliphatic heterocycles. The first-order valence-corrected chi connectivity index (χ1v) is 4.52. The zero-order chi connectivity index (χ0) is 8.39. The lowest BCUT2D eigenvalue weighted by Crippen LogP contribution is -2.12. The van der Waals surface area contributed by atoms with Gasteiger partial charge in [-0.1, -0.05) is 0 Å². The van der Waals surface area contributed by atoms with Crippen LogP contribution in [0.1, 0.15) is 30.1 Å². The van der Waals surface area contributed by atoms with Crippen LogP contribution in [0.4, 0.5) is 0 Å². The molecule has 2 nitrogen and oxygen atoms in total. The molecule has 0 aliphatic carbocycles. The minimum absolute atomic E-state index is 0.576. The molecule has 1 aromatic heterocycles. The molecule has 0 spiro atoms. The fourth-order valence-electron chi connectivity index (χ4n) is 1.75. The lowest BCUT2D eigenvalue weighted by molar-refractivity contribution is 0.646. The highest BCUT2D eigenvalue weighted by Crippen LogP contribution is 2.22. The van der Waals surface area contributed by atoms with E-state index < -0.39 is 0 Å². The van der Waals surface area contributed by atoms with Crippen molar-refractivity contribution in [3.63, 3.8) is 0 Å². The van der Waals surface area contributed by atoms with E-state index in [-0.39, 0.29) is 0 Å². The molecule has 1 atom stereocenters. The Morgan fingerprint density at radius 2 is 2.50 bits per heavy atom. The van der Waals surface area contributed by atoms with Crippen LogP contribution in [0.2, 0.25) is 0 Å². The van der Waals surface area contributed by atoms with Gasteiger partial charge in [-0.3, -0.25) is 4.98 Å². The molecule has 1 saturated heterocycles. The first-order valence-electron chi connectivity index (χ1n) is 4.52. The van der Waals surface area contributed by atoms with Gasteiger partial charge >= 0.3 is 0 Å². The Morgan fingerprint density at radius 1 is 1.58 bits per heavy atom. The summed E-state index contributed by atoms with van der Waals surface area (Å²) in [7, 11) is 0. The van der Waals surface area contributed by atoms with Gasteiger partial charge in [0.2, 0.25) is 0 Å². The van der Waals surface area contributed by atoms with E-state index in [1.807, 2.05) is 13.1 Å². The molecule has 2 heterocycles. The molecular weight excluding hydrogens is 148 g/mol. The first-order chi connectivity index (χ1) is 5.86. The average molecular weight is 162 g/mol. The second-order valence-corrected chi connectivity index (χ2v) is 3.38. The van der Waals surface area contributed by atoms with Gasteiger partial charge in [0.1, 0.15) is 0 Å².